The molecule has 1 aliphatic rings. The topological polar surface area (TPSA) is 17.0 Å². The summed E-state index contributed by atoms with van der Waals surface area (Å²) in [5.74, 6) is 0. The van der Waals surface area contributed by atoms with Crippen LogP contribution in [-0.4, -0.2) is 11.1 Å². The zero-order valence-corrected chi connectivity index (χ0v) is 10.3. The third-order valence-corrected chi connectivity index (χ3v) is 3.79. The van der Waals surface area contributed by atoms with Crippen molar-refractivity contribution in [3.8, 4) is 0 Å². The van der Waals surface area contributed by atoms with Crippen LogP contribution in [0.15, 0.2) is 18.2 Å². The summed E-state index contributed by atoms with van der Waals surface area (Å²) in [5, 5.41) is 5.59. The minimum absolute atomic E-state index is 0.500. The zero-order valence-electron chi connectivity index (χ0n) is 9.55. The van der Waals surface area contributed by atoms with Crippen LogP contribution in [0.4, 0.5) is 0 Å². The van der Waals surface area contributed by atoms with E-state index in [-0.39, 0.29) is 0 Å². The largest absolute Gasteiger partial charge is 0.339 e. The standard InChI is InChI=1S/C13H15ClN2/c1-8-3-10-4-11-7-15-6-9(2)16(11)13(10)5-12(8)14/h3-5,9,15H,6-7H2,1-2H3/t9-/m1/s1. The number of rotatable bonds is 0. The van der Waals surface area contributed by atoms with Crippen LogP contribution in [0.3, 0.4) is 0 Å². The van der Waals surface area contributed by atoms with Crippen LogP contribution in [0.5, 0.6) is 0 Å². The lowest BCUT2D eigenvalue weighted by Crippen LogP contribution is -2.30. The second-order valence-electron chi connectivity index (χ2n) is 4.65. The SMILES string of the molecule is Cc1cc2cc3n(c2cc1Cl)[C@H](C)CNC3. The molecule has 1 aromatic carbocycles. The van der Waals surface area contributed by atoms with Crippen LogP contribution >= 0.6 is 11.6 Å². The highest BCUT2D eigenvalue weighted by atomic mass is 35.5. The maximum atomic E-state index is 6.21. The lowest BCUT2D eigenvalue weighted by atomic mass is 10.2. The highest BCUT2D eigenvalue weighted by molar-refractivity contribution is 6.32. The van der Waals surface area contributed by atoms with Crippen molar-refractivity contribution in [1.82, 2.24) is 9.88 Å². The molecule has 0 saturated heterocycles. The molecule has 1 N–H and O–H groups in total. The quantitative estimate of drug-likeness (QED) is 0.741. The van der Waals surface area contributed by atoms with E-state index < -0.39 is 0 Å². The first-order chi connectivity index (χ1) is 7.66. The van der Waals surface area contributed by atoms with E-state index in [1.165, 1.54) is 16.6 Å². The molecule has 84 valence electrons. The summed E-state index contributed by atoms with van der Waals surface area (Å²) < 4.78 is 2.40. The van der Waals surface area contributed by atoms with Crippen molar-refractivity contribution >= 4 is 22.5 Å². The van der Waals surface area contributed by atoms with Crippen molar-refractivity contribution in [3.63, 3.8) is 0 Å². The van der Waals surface area contributed by atoms with Crippen molar-refractivity contribution in [2.45, 2.75) is 26.4 Å². The monoisotopic (exact) mass is 234 g/mol. The van der Waals surface area contributed by atoms with Crippen molar-refractivity contribution in [2.24, 2.45) is 0 Å². The van der Waals surface area contributed by atoms with Gasteiger partial charge < -0.3 is 9.88 Å². The Labute approximate surface area is 100 Å². The van der Waals surface area contributed by atoms with Crippen LogP contribution in [0.1, 0.15) is 24.2 Å². The summed E-state index contributed by atoms with van der Waals surface area (Å²) in [6.07, 6.45) is 0. The van der Waals surface area contributed by atoms with Gasteiger partial charge in [-0.3, -0.25) is 0 Å². The van der Waals surface area contributed by atoms with Gasteiger partial charge in [0.25, 0.3) is 0 Å². The average molecular weight is 235 g/mol. The van der Waals surface area contributed by atoms with Gasteiger partial charge in [0.05, 0.1) is 5.52 Å². The fraction of sp³-hybridized carbons (Fsp3) is 0.385. The number of nitrogens with one attached hydrogen (secondary N) is 1. The number of aromatic nitrogens is 1. The number of aryl methyl sites for hydroxylation is 1. The van der Waals surface area contributed by atoms with Gasteiger partial charge in [0, 0.05) is 35.2 Å². The number of hydrogen-bond acceptors (Lipinski definition) is 1. The minimum atomic E-state index is 0.500. The van der Waals surface area contributed by atoms with Crippen molar-refractivity contribution in [3.05, 3.63) is 34.5 Å². The van der Waals surface area contributed by atoms with Gasteiger partial charge >= 0.3 is 0 Å². The molecule has 2 heterocycles. The zero-order chi connectivity index (χ0) is 11.3. The van der Waals surface area contributed by atoms with Crippen LogP contribution < -0.4 is 5.32 Å². The van der Waals surface area contributed by atoms with Gasteiger partial charge in [-0.25, -0.2) is 0 Å². The summed E-state index contributed by atoms with van der Waals surface area (Å²) >= 11 is 6.21. The summed E-state index contributed by atoms with van der Waals surface area (Å²) in [6, 6.07) is 7.04. The second-order valence-corrected chi connectivity index (χ2v) is 5.05. The number of hydrogen-bond donors (Lipinski definition) is 1. The smallest absolute Gasteiger partial charge is 0.0501 e. The van der Waals surface area contributed by atoms with Crippen molar-refractivity contribution < 1.29 is 0 Å². The fourth-order valence-corrected chi connectivity index (χ4v) is 2.74. The van der Waals surface area contributed by atoms with Gasteiger partial charge in [0.1, 0.15) is 0 Å². The Kier molecular flexibility index (Phi) is 2.23. The lowest BCUT2D eigenvalue weighted by Gasteiger charge is -2.24. The van der Waals surface area contributed by atoms with E-state index in [1.54, 1.807) is 0 Å². The molecule has 1 aromatic heterocycles. The number of fused-ring (bicyclic) bond motifs is 3. The van der Waals surface area contributed by atoms with E-state index in [1.807, 2.05) is 0 Å². The van der Waals surface area contributed by atoms with Gasteiger partial charge in [-0.05, 0) is 37.6 Å². The first-order valence-electron chi connectivity index (χ1n) is 5.67. The van der Waals surface area contributed by atoms with Crippen LogP contribution in [0, 0.1) is 6.92 Å². The molecule has 2 nitrogen and oxygen atoms in total. The molecule has 0 spiro atoms. The Hall–Kier alpha value is -0.990. The normalized spacial score (nSPS) is 20.1. The predicted octanol–water partition coefficient (Wildman–Crippen LogP) is 3.27. The molecule has 1 atom stereocenters. The van der Waals surface area contributed by atoms with Crippen molar-refractivity contribution in [1.29, 1.82) is 0 Å². The molecule has 1 aliphatic heterocycles. The molecule has 0 fully saturated rings. The Balaban J connectivity index is 2.34. The maximum absolute atomic E-state index is 6.21. The Morgan fingerprint density at radius 1 is 1.38 bits per heavy atom. The number of halogens is 1. The number of nitrogens with zero attached hydrogens (tertiary/aromatic N) is 1. The third kappa shape index (κ3) is 1.37. The predicted molar refractivity (Wildman–Crippen MR) is 68.1 cm³/mol. The van der Waals surface area contributed by atoms with Gasteiger partial charge in [0.15, 0.2) is 0 Å². The van der Waals surface area contributed by atoms with E-state index >= 15 is 0 Å². The molecule has 3 heteroatoms. The van der Waals surface area contributed by atoms with E-state index in [0.29, 0.717) is 6.04 Å². The van der Waals surface area contributed by atoms with E-state index in [9.17, 15) is 0 Å². The average Bonchev–Trinajstić information content (AvgIpc) is 2.58. The summed E-state index contributed by atoms with van der Waals surface area (Å²) in [7, 11) is 0. The molecule has 0 saturated carbocycles. The highest BCUT2D eigenvalue weighted by Crippen LogP contribution is 2.30. The molecule has 0 amide bonds. The van der Waals surface area contributed by atoms with Gasteiger partial charge in [0.2, 0.25) is 0 Å². The molecular weight excluding hydrogens is 220 g/mol. The Morgan fingerprint density at radius 2 is 2.19 bits per heavy atom. The van der Waals surface area contributed by atoms with Crippen LogP contribution in [-0.2, 0) is 6.54 Å². The number of benzene rings is 1. The first kappa shape index (κ1) is 10.2. The molecule has 0 radical (unpaired) electrons. The first-order valence-corrected chi connectivity index (χ1v) is 6.05. The summed E-state index contributed by atoms with van der Waals surface area (Å²) in [5.41, 5.74) is 3.77. The van der Waals surface area contributed by atoms with Crippen molar-refractivity contribution in [2.75, 3.05) is 6.54 Å². The van der Waals surface area contributed by atoms with Crippen LogP contribution in [0.25, 0.3) is 10.9 Å². The van der Waals surface area contributed by atoms with E-state index in [2.05, 4.69) is 41.9 Å². The fourth-order valence-electron chi connectivity index (χ4n) is 2.58. The summed E-state index contributed by atoms with van der Waals surface area (Å²) in [4.78, 5) is 0. The van der Waals surface area contributed by atoms with Crippen LogP contribution in [0.2, 0.25) is 5.02 Å². The van der Waals surface area contributed by atoms with E-state index in [0.717, 1.165) is 23.7 Å². The molecule has 0 bridgehead atoms. The molecule has 0 aliphatic carbocycles. The second kappa shape index (κ2) is 3.51. The Morgan fingerprint density at radius 3 is 3.00 bits per heavy atom. The van der Waals surface area contributed by atoms with Gasteiger partial charge in [-0.1, -0.05) is 11.6 Å². The third-order valence-electron chi connectivity index (χ3n) is 3.39. The Bertz CT molecular complexity index is 557. The lowest BCUT2D eigenvalue weighted by molar-refractivity contribution is 0.439. The van der Waals surface area contributed by atoms with E-state index in [4.69, 9.17) is 11.6 Å². The maximum Gasteiger partial charge on any atom is 0.0501 e. The minimum Gasteiger partial charge on any atom is -0.339 e. The summed E-state index contributed by atoms with van der Waals surface area (Å²) in [6.45, 7) is 6.28. The molecule has 16 heavy (non-hydrogen) atoms. The molecule has 3 rings (SSSR count). The molecule has 0 unspecified atom stereocenters. The van der Waals surface area contributed by atoms with Gasteiger partial charge in [-0.15, -0.1) is 0 Å². The molecule has 2 aromatic rings. The highest BCUT2D eigenvalue weighted by Gasteiger charge is 2.18. The van der Waals surface area contributed by atoms with Gasteiger partial charge in [-0.2, -0.15) is 0 Å². The molecular formula is C13H15ClN2.